The van der Waals surface area contributed by atoms with Gasteiger partial charge in [0.15, 0.2) is 0 Å². The van der Waals surface area contributed by atoms with Gasteiger partial charge in [0.1, 0.15) is 11.6 Å². The van der Waals surface area contributed by atoms with Gasteiger partial charge in [-0.05, 0) is 32.1 Å². The fraction of sp³-hybridized carbons (Fsp3) is 0.818. The Morgan fingerprint density at radius 1 is 1.19 bits per heavy atom. The number of ketones is 2. The van der Waals surface area contributed by atoms with Crippen LogP contribution in [0, 0.1) is 29.6 Å². The zero-order valence-corrected chi connectivity index (χ0v) is 17.6. The van der Waals surface area contributed by atoms with Crippen molar-refractivity contribution in [3.05, 3.63) is 12.2 Å². The number of aliphatic hydroxyl groups excluding tert-OH is 1. The van der Waals surface area contributed by atoms with Crippen LogP contribution in [0.4, 0.5) is 0 Å². The monoisotopic (exact) mass is 366 g/mol. The first kappa shape index (κ1) is 23.0. The molecule has 0 aromatic rings. The minimum atomic E-state index is -0.480. The Morgan fingerprint density at radius 3 is 2.27 bits per heavy atom. The van der Waals surface area contributed by atoms with Gasteiger partial charge < -0.3 is 9.84 Å². The minimum Gasteiger partial charge on any atom is -0.396 e. The van der Waals surface area contributed by atoms with Gasteiger partial charge in [0.2, 0.25) is 0 Å². The van der Waals surface area contributed by atoms with Crippen LogP contribution in [-0.2, 0) is 14.3 Å². The first-order valence-electron chi connectivity index (χ1n) is 10.1. The van der Waals surface area contributed by atoms with E-state index in [1.807, 2.05) is 33.8 Å². The van der Waals surface area contributed by atoms with E-state index in [4.69, 9.17) is 4.74 Å². The molecule has 0 aromatic heterocycles. The molecule has 4 nitrogen and oxygen atoms in total. The molecule has 150 valence electrons. The van der Waals surface area contributed by atoms with Crippen molar-refractivity contribution in [1.29, 1.82) is 0 Å². The van der Waals surface area contributed by atoms with Crippen LogP contribution >= 0.6 is 0 Å². The number of hydrogen-bond acceptors (Lipinski definition) is 4. The van der Waals surface area contributed by atoms with Gasteiger partial charge >= 0.3 is 0 Å². The van der Waals surface area contributed by atoms with Gasteiger partial charge in [-0.15, -0.1) is 0 Å². The van der Waals surface area contributed by atoms with E-state index in [-0.39, 0.29) is 47.6 Å². The second-order valence-electron chi connectivity index (χ2n) is 8.18. The smallest absolute Gasteiger partial charge is 0.141 e. The van der Waals surface area contributed by atoms with Crippen LogP contribution in [-0.4, -0.2) is 35.0 Å². The summed E-state index contributed by atoms with van der Waals surface area (Å²) in [6.45, 7) is 13.9. The average Bonchev–Trinajstić information content (AvgIpc) is 3.29. The van der Waals surface area contributed by atoms with Crippen LogP contribution in [0.25, 0.3) is 0 Å². The summed E-state index contributed by atoms with van der Waals surface area (Å²) in [4.78, 5) is 25.0. The number of aliphatic hydroxyl groups is 1. The van der Waals surface area contributed by atoms with Crippen molar-refractivity contribution in [3.8, 4) is 0 Å². The van der Waals surface area contributed by atoms with E-state index in [1.54, 1.807) is 0 Å². The normalized spacial score (nSPS) is 28.4. The lowest BCUT2D eigenvalue weighted by Crippen LogP contribution is -2.39. The number of Topliss-reactive ketones (excluding diaryl/α,β-unsaturated/α-hetero) is 2. The zero-order valence-electron chi connectivity index (χ0n) is 17.6. The highest BCUT2D eigenvalue weighted by atomic mass is 16.6. The largest absolute Gasteiger partial charge is 0.396 e. The third-order valence-electron chi connectivity index (χ3n) is 6.37. The Labute approximate surface area is 159 Å². The maximum Gasteiger partial charge on any atom is 0.141 e. The van der Waals surface area contributed by atoms with Crippen molar-refractivity contribution in [2.75, 3.05) is 6.61 Å². The SMILES string of the molecule is C/C=C\[C@H](C)[C@H]1OC1(C)[C@@H](C)[C@@H](CC)C(=O)C(CO)C(C)CC(=O)CC. The summed E-state index contributed by atoms with van der Waals surface area (Å²) in [6, 6.07) is 0. The van der Waals surface area contributed by atoms with Crippen LogP contribution < -0.4 is 0 Å². The molecule has 0 aromatic carbocycles. The fourth-order valence-corrected chi connectivity index (χ4v) is 4.31. The molecular formula is C22H38O4. The highest BCUT2D eigenvalue weighted by Gasteiger charge is 2.59. The lowest BCUT2D eigenvalue weighted by Gasteiger charge is -2.31. The van der Waals surface area contributed by atoms with E-state index in [9.17, 15) is 14.7 Å². The summed E-state index contributed by atoms with van der Waals surface area (Å²) >= 11 is 0. The molecule has 26 heavy (non-hydrogen) atoms. The Hall–Kier alpha value is -1.00. The molecule has 1 aliphatic rings. The van der Waals surface area contributed by atoms with Crippen molar-refractivity contribution in [3.63, 3.8) is 0 Å². The third kappa shape index (κ3) is 5.04. The van der Waals surface area contributed by atoms with Crippen LogP contribution in [0.2, 0.25) is 0 Å². The maximum atomic E-state index is 13.2. The van der Waals surface area contributed by atoms with Crippen molar-refractivity contribution in [2.24, 2.45) is 29.6 Å². The van der Waals surface area contributed by atoms with Gasteiger partial charge in [-0.25, -0.2) is 0 Å². The molecule has 1 fully saturated rings. The molecule has 1 N–H and O–H groups in total. The van der Waals surface area contributed by atoms with Crippen molar-refractivity contribution in [2.45, 2.75) is 79.4 Å². The number of allylic oxidation sites excluding steroid dienone is 1. The predicted octanol–water partition coefficient (Wildman–Crippen LogP) is 4.20. The summed E-state index contributed by atoms with van der Waals surface area (Å²) < 4.78 is 6.05. The summed E-state index contributed by atoms with van der Waals surface area (Å²) in [5.74, 6) is -0.177. The van der Waals surface area contributed by atoms with Crippen LogP contribution in [0.15, 0.2) is 12.2 Å². The van der Waals surface area contributed by atoms with Gasteiger partial charge in [0.05, 0.1) is 18.3 Å². The molecule has 0 saturated carbocycles. The Morgan fingerprint density at radius 2 is 1.81 bits per heavy atom. The molecule has 4 heteroatoms. The molecule has 0 spiro atoms. The summed E-state index contributed by atoms with van der Waals surface area (Å²) in [5.41, 5.74) is -0.308. The molecule has 0 bridgehead atoms. The van der Waals surface area contributed by atoms with E-state index < -0.39 is 5.92 Å². The maximum absolute atomic E-state index is 13.2. The predicted molar refractivity (Wildman–Crippen MR) is 105 cm³/mol. The van der Waals surface area contributed by atoms with Gasteiger partial charge in [-0.1, -0.05) is 46.8 Å². The highest BCUT2D eigenvalue weighted by molar-refractivity contribution is 5.85. The lowest BCUT2D eigenvalue weighted by atomic mass is 9.71. The van der Waals surface area contributed by atoms with Gasteiger partial charge in [0, 0.05) is 30.6 Å². The first-order chi connectivity index (χ1) is 12.2. The Balaban J connectivity index is 2.88. The van der Waals surface area contributed by atoms with Crippen LogP contribution in [0.3, 0.4) is 0 Å². The molecule has 7 atom stereocenters. The lowest BCUT2D eigenvalue weighted by molar-refractivity contribution is -0.133. The third-order valence-corrected chi connectivity index (χ3v) is 6.37. The molecule has 0 aliphatic carbocycles. The number of hydrogen-bond donors (Lipinski definition) is 1. The zero-order chi connectivity index (χ0) is 20.1. The second kappa shape index (κ2) is 9.80. The number of ether oxygens (including phenoxy) is 1. The van der Waals surface area contributed by atoms with E-state index >= 15 is 0 Å². The van der Waals surface area contributed by atoms with Crippen molar-refractivity contribution >= 4 is 11.6 Å². The number of epoxide rings is 1. The van der Waals surface area contributed by atoms with Gasteiger partial charge in [-0.3, -0.25) is 9.59 Å². The summed E-state index contributed by atoms with van der Waals surface area (Å²) in [5, 5.41) is 9.83. The standard InChI is InChI=1S/C22H38O4/c1-8-11-14(4)21-22(7,26-21)16(6)18(10-3)20(25)19(13-23)15(5)12-17(24)9-2/h8,11,14-16,18-19,21,23H,9-10,12-13H2,1-7H3/b11-8-/t14-,15?,16-,18+,19?,21+,22?/m0/s1. The van der Waals surface area contributed by atoms with E-state index in [2.05, 4.69) is 26.8 Å². The molecule has 0 amide bonds. The number of carbonyl (C=O) groups is 2. The molecule has 0 radical (unpaired) electrons. The van der Waals surface area contributed by atoms with Gasteiger partial charge in [-0.2, -0.15) is 0 Å². The fourth-order valence-electron chi connectivity index (χ4n) is 4.31. The summed E-state index contributed by atoms with van der Waals surface area (Å²) in [6.07, 6.45) is 5.85. The topological polar surface area (TPSA) is 66.9 Å². The molecule has 1 rings (SSSR count). The average molecular weight is 367 g/mol. The van der Waals surface area contributed by atoms with Gasteiger partial charge in [0.25, 0.3) is 0 Å². The van der Waals surface area contributed by atoms with E-state index in [0.717, 1.165) is 0 Å². The number of rotatable bonds is 12. The molecule has 1 saturated heterocycles. The Bertz CT molecular complexity index is 512. The summed E-state index contributed by atoms with van der Waals surface area (Å²) in [7, 11) is 0. The van der Waals surface area contributed by atoms with Crippen molar-refractivity contribution < 1.29 is 19.4 Å². The van der Waals surface area contributed by atoms with E-state index in [0.29, 0.717) is 25.2 Å². The first-order valence-corrected chi connectivity index (χ1v) is 10.1. The highest BCUT2D eigenvalue weighted by Crippen LogP contribution is 2.50. The quantitative estimate of drug-likeness (QED) is 0.415. The second-order valence-corrected chi connectivity index (χ2v) is 8.18. The Kier molecular flexibility index (Phi) is 8.68. The van der Waals surface area contributed by atoms with E-state index in [1.165, 1.54) is 0 Å². The molecule has 1 heterocycles. The molecular weight excluding hydrogens is 328 g/mol. The van der Waals surface area contributed by atoms with Crippen LogP contribution in [0.5, 0.6) is 0 Å². The van der Waals surface area contributed by atoms with Crippen molar-refractivity contribution in [1.82, 2.24) is 0 Å². The number of carbonyl (C=O) groups excluding carboxylic acids is 2. The molecule has 3 unspecified atom stereocenters. The van der Waals surface area contributed by atoms with Crippen LogP contribution in [0.1, 0.15) is 67.7 Å². The minimum absolute atomic E-state index is 0.0702. The molecule has 1 aliphatic heterocycles.